The fraction of sp³-hybridized carbons (Fsp3) is 0.435. The molecule has 1 saturated heterocycles. The normalized spacial score (nSPS) is 16.0. The second-order valence-corrected chi connectivity index (χ2v) is 8.40. The van der Waals surface area contributed by atoms with Gasteiger partial charge in [-0.2, -0.15) is 0 Å². The number of nitrogens with one attached hydrogen (secondary N) is 1. The highest BCUT2D eigenvalue weighted by molar-refractivity contribution is 6.30. The van der Waals surface area contributed by atoms with Gasteiger partial charge in [-0.3, -0.25) is 9.69 Å². The third kappa shape index (κ3) is 4.86. The van der Waals surface area contributed by atoms with Crippen LogP contribution in [-0.4, -0.2) is 37.0 Å². The van der Waals surface area contributed by atoms with E-state index in [0.29, 0.717) is 5.02 Å². The van der Waals surface area contributed by atoms with E-state index in [4.69, 9.17) is 16.3 Å². The van der Waals surface area contributed by atoms with Gasteiger partial charge in [0.15, 0.2) is 0 Å². The number of para-hydroxylation sites is 1. The summed E-state index contributed by atoms with van der Waals surface area (Å²) in [7, 11) is 1.71. The van der Waals surface area contributed by atoms with Crippen LogP contribution < -0.4 is 10.1 Å². The second-order valence-electron chi connectivity index (χ2n) is 7.97. The van der Waals surface area contributed by atoms with E-state index in [0.717, 1.165) is 43.8 Å². The van der Waals surface area contributed by atoms with Crippen molar-refractivity contribution in [2.45, 2.75) is 44.7 Å². The molecule has 0 unspecified atom stereocenters. The minimum absolute atomic E-state index is 0.0676. The van der Waals surface area contributed by atoms with Gasteiger partial charge in [0, 0.05) is 36.3 Å². The van der Waals surface area contributed by atoms with Gasteiger partial charge in [-0.1, -0.05) is 41.9 Å². The van der Waals surface area contributed by atoms with Crippen molar-refractivity contribution in [3.63, 3.8) is 0 Å². The van der Waals surface area contributed by atoms with Gasteiger partial charge in [-0.15, -0.1) is 0 Å². The summed E-state index contributed by atoms with van der Waals surface area (Å²) in [5.41, 5.74) is 1.60. The van der Waals surface area contributed by atoms with Crippen LogP contribution >= 0.6 is 11.6 Å². The lowest BCUT2D eigenvalue weighted by Gasteiger charge is -2.34. The number of rotatable bonds is 6. The van der Waals surface area contributed by atoms with Gasteiger partial charge in [0.2, 0.25) is 5.91 Å². The standard InChI is InChI=1S/C23H29ClN2O2/c1-23(2,18-8-10-19(24)11-9-18)22(27)25-20-12-14-26(15-13-20)16-17-6-4-5-7-21(17)28-3/h4-11,20H,12-16H2,1-3H3,(H,25,27). The van der Waals surface area contributed by atoms with E-state index in [9.17, 15) is 4.79 Å². The molecule has 4 nitrogen and oxygen atoms in total. The minimum Gasteiger partial charge on any atom is -0.496 e. The minimum atomic E-state index is -0.584. The van der Waals surface area contributed by atoms with Crippen molar-refractivity contribution in [3.05, 3.63) is 64.7 Å². The van der Waals surface area contributed by atoms with Crippen molar-refractivity contribution >= 4 is 17.5 Å². The molecule has 0 aromatic heterocycles. The highest BCUT2D eigenvalue weighted by Gasteiger charge is 2.32. The molecule has 3 rings (SSSR count). The number of ether oxygens (including phenoxy) is 1. The van der Waals surface area contributed by atoms with E-state index in [1.807, 2.05) is 56.3 Å². The first-order valence-electron chi connectivity index (χ1n) is 9.81. The predicted molar refractivity (Wildman–Crippen MR) is 114 cm³/mol. The maximum absolute atomic E-state index is 12.9. The molecule has 1 heterocycles. The van der Waals surface area contributed by atoms with Gasteiger partial charge >= 0.3 is 0 Å². The first-order valence-corrected chi connectivity index (χ1v) is 10.2. The summed E-state index contributed by atoms with van der Waals surface area (Å²) in [6.45, 7) is 6.72. The van der Waals surface area contributed by atoms with Gasteiger partial charge in [-0.25, -0.2) is 0 Å². The number of hydrogen-bond donors (Lipinski definition) is 1. The lowest BCUT2D eigenvalue weighted by Crippen LogP contribution is -2.49. The lowest BCUT2D eigenvalue weighted by molar-refractivity contribution is -0.126. The number of amides is 1. The molecule has 0 saturated carbocycles. The van der Waals surface area contributed by atoms with E-state index < -0.39 is 5.41 Å². The number of carbonyl (C=O) groups is 1. The van der Waals surface area contributed by atoms with Crippen LogP contribution in [0.25, 0.3) is 0 Å². The summed E-state index contributed by atoms with van der Waals surface area (Å²) in [4.78, 5) is 15.3. The number of methoxy groups -OCH3 is 1. The summed E-state index contributed by atoms with van der Waals surface area (Å²) in [6.07, 6.45) is 1.91. The summed E-state index contributed by atoms with van der Waals surface area (Å²) in [6, 6.07) is 15.9. The Morgan fingerprint density at radius 1 is 1.14 bits per heavy atom. The summed E-state index contributed by atoms with van der Waals surface area (Å²) < 4.78 is 5.46. The largest absolute Gasteiger partial charge is 0.496 e. The van der Waals surface area contributed by atoms with Gasteiger partial charge in [0.1, 0.15) is 5.75 Å². The van der Waals surface area contributed by atoms with Crippen LogP contribution in [0.3, 0.4) is 0 Å². The van der Waals surface area contributed by atoms with E-state index in [1.165, 1.54) is 5.56 Å². The highest BCUT2D eigenvalue weighted by atomic mass is 35.5. The van der Waals surface area contributed by atoms with Crippen LogP contribution in [0.2, 0.25) is 5.02 Å². The van der Waals surface area contributed by atoms with E-state index in [-0.39, 0.29) is 11.9 Å². The van der Waals surface area contributed by atoms with Crippen LogP contribution in [0.5, 0.6) is 5.75 Å². The van der Waals surface area contributed by atoms with E-state index in [2.05, 4.69) is 16.3 Å². The fourth-order valence-corrected chi connectivity index (χ4v) is 3.80. The number of likely N-dealkylation sites (tertiary alicyclic amines) is 1. The number of carbonyl (C=O) groups excluding carboxylic acids is 1. The Labute approximate surface area is 172 Å². The summed E-state index contributed by atoms with van der Waals surface area (Å²) in [5.74, 6) is 1.00. The molecule has 5 heteroatoms. The molecule has 150 valence electrons. The number of halogens is 1. The van der Waals surface area contributed by atoms with Crippen molar-refractivity contribution in [2.24, 2.45) is 0 Å². The Balaban J connectivity index is 1.53. The zero-order valence-corrected chi connectivity index (χ0v) is 17.6. The molecule has 28 heavy (non-hydrogen) atoms. The third-order valence-corrected chi connectivity index (χ3v) is 5.89. The molecule has 0 radical (unpaired) electrons. The zero-order chi connectivity index (χ0) is 20.1. The molecule has 1 aliphatic heterocycles. The molecular formula is C23H29ClN2O2. The van der Waals surface area contributed by atoms with Crippen LogP contribution in [0.4, 0.5) is 0 Å². The molecule has 2 aromatic rings. The van der Waals surface area contributed by atoms with Crippen LogP contribution in [-0.2, 0) is 16.8 Å². The maximum Gasteiger partial charge on any atom is 0.230 e. The Morgan fingerprint density at radius 2 is 1.79 bits per heavy atom. The molecule has 0 atom stereocenters. The monoisotopic (exact) mass is 400 g/mol. The molecular weight excluding hydrogens is 372 g/mol. The molecule has 1 aliphatic rings. The molecule has 0 aliphatic carbocycles. The maximum atomic E-state index is 12.9. The number of benzene rings is 2. The third-order valence-electron chi connectivity index (χ3n) is 5.64. The predicted octanol–water partition coefficient (Wildman–Crippen LogP) is 4.41. The van der Waals surface area contributed by atoms with Crippen molar-refractivity contribution in [1.82, 2.24) is 10.2 Å². The topological polar surface area (TPSA) is 41.6 Å². The van der Waals surface area contributed by atoms with Crippen molar-refractivity contribution in [3.8, 4) is 5.75 Å². The smallest absolute Gasteiger partial charge is 0.230 e. The second kappa shape index (κ2) is 8.97. The van der Waals surface area contributed by atoms with Crippen molar-refractivity contribution in [2.75, 3.05) is 20.2 Å². The van der Waals surface area contributed by atoms with Gasteiger partial charge in [0.05, 0.1) is 12.5 Å². The highest BCUT2D eigenvalue weighted by Crippen LogP contribution is 2.26. The lowest BCUT2D eigenvalue weighted by atomic mass is 9.83. The first kappa shape index (κ1) is 20.7. The molecule has 1 amide bonds. The molecule has 0 spiro atoms. The Bertz CT molecular complexity index is 797. The fourth-order valence-electron chi connectivity index (χ4n) is 3.67. The van der Waals surface area contributed by atoms with Crippen molar-refractivity contribution < 1.29 is 9.53 Å². The van der Waals surface area contributed by atoms with Gasteiger partial charge in [0.25, 0.3) is 0 Å². The van der Waals surface area contributed by atoms with Crippen LogP contribution in [0.15, 0.2) is 48.5 Å². The molecule has 1 N–H and O–H groups in total. The first-order chi connectivity index (χ1) is 13.4. The summed E-state index contributed by atoms with van der Waals surface area (Å²) >= 11 is 5.97. The zero-order valence-electron chi connectivity index (χ0n) is 16.9. The Kier molecular flexibility index (Phi) is 6.63. The molecule has 2 aromatic carbocycles. The Hall–Kier alpha value is -2.04. The van der Waals surface area contributed by atoms with Crippen molar-refractivity contribution in [1.29, 1.82) is 0 Å². The van der Waals surface area contributed by atoms with E-state index in [1.54, 1.807) is 7.11 Å². The van der Waals surface area contributed by atoms with Crippen LogP contribution in [0.1, 0.15) is 37.8 Å². The number of hydrogen-bond acceptors (Lipinski definition) is 3. The number of piperidine rings is 1. The van der Waals surface area contributed by atoms with Crippen LogP contribution in [0, 0.1) is 0 Å². The Morgan fingerprint density at radius 3 is 2.43 bits per heavy atom. The molecule has 1 fully saturated rings. The average molecular weight is 401 g/mol. The summed E-state index contributed by atoms with van der Waals surface area (Å²) in [5, 5.41) is 3.94. The van der Waals surface area contributed by atoms with E-state index >= 15 is 0 Å². The number of nitrogens with zero attached hydrogens (tertiary/aromatic N) is 1. The SMILES string of the molecule is COc1ccccc1CN1CCC(NC(=O)C(C)(C)c2ccc(Cl)cc2)CC1. The van der Waals surface area contributed by atoms with Gasteiger partial charge in [-0.05, 0) is 50.5 Å². The quantitative estimate of drug-likeness (QED) is 0.781. The molecule has 0 bridgehead atoms. The average Bonchev–Trinajstić information content (AvgIpc) is 2.70. The van der Waals surface area contributed by atoms with Gasteiger partial charge < -0.3 is 10.1 Å².